The molecule has 0 saturated carbocycles. The molecule has 0 atom stereocenters. The van der Waals surface area contributed by atoms with Crippen molar-refractivity contribution in [2.45, 2.75) is 46.1 Å². The molecule has 0 saturated heterocycles. The Labute approximate surface area is 186 Å². The van der Waals surface area contributed by atoms with Crippen LogP contribution in [0.2, 0.25) is 0 Å². The standard InChI is InChI=1S/C19H32N4O3S.HI/c1-7-20-17(24)19(4,5)13-23-18(21-8-2)22-12-15-9-10-16(14(3)11-15)27(6,25)26;/h9-11H,7-8,12-13H2,1-6H3,(H,20,24)(H2,21,22,23);1H. The summed E-state index contributed by atoms with van der Waals surface area (Å²) in [7, 11) is -3.23. The van der Waals surface area contributed by atoms with Gasteiger partial charge in [-0.15, -0.1) is 24.0 Å². The lowest BCUT2D eigenvalue weighted by Gasteiger charge is -2.24. The monoisotopic (exact) mass is 524 g/mol. The first-order chi connectivity index (χ1) is 12.5. The summed E-state index contributed by atoms with van der Waals surface area (Å²) in [6.07, 6.45) is 1.21. The third-order valence-corrected chi connectivity index (χ3v) is 5.31. The van der Waals surface area contributed by atoms with E-state index in [1.807, 2.05) is 33.8 Å². The number of amides is 1. The van der Waals surface area contributed by atoms with Crippen LogP contribution in [0.3, 0.4) is 0 Å². The van der Waals surface area contributed by atoms with Crippen molar-refractivity contribution >= 4 is 45.7 Å². The van der Waals surface area contributed by atoms with Gasteiger partial charge in [-0.2, -0.15) is 0 Å². The summed E-state index contributed by atoms with van der Waals surface area (Å²) in [4.78, 5) is 17.0. The van der Waals surface area contributed by atoms with Crippen LogP contribution in [0.15, 0.2) is 28.1 Å². The molecule has 1 aromatic carbocycles. The fraction of sp³-hybridized carbons (Fsp3) is 0.579. The highest BCUT2D eigenvalue weighted by Gasteiger charge is 2.27. The van der Waals surface area contributed by atoms with Crippen LogP contribution in [-0.2, 0) is 21.2 Å². The predicted molar refractivity (Wildman–Crippen MR) is 125 cm³/mol. The summed E-state index contributed by atoms with van der Waals surface area (Å²) in [5, 5.41) is 9.20. The largest absolute Gasteiger partial charge is 0.357 e. The Hall–Kier alpha value is -1.36. The van der Waals surface area contributed by atoms with Crippen molar-refractivity contribution in [2.75, 3.05) is 25.9 Å². The molecule has 7 nitrogen and oxygen atoms in total. The minimum Gasteiger partial charge on any atom is -0.357 e. The predicted octanol–water partition coefficient (Wildman–Crippen LogP) is 2.23. The Kier molecular flexibility index (Phi) is 11.0. The van der Waals surface area contributed by atoms with Gasteiger partial charge in [-0.3, -0.25) is 4.79 Å². The van der Waals surface area contributed by atoms with E-state index in [0.29, 0.717) is 42.6 Å². The van der Waals surface area contributed by atoms with Crippen LogP contribution in [0.4, 0.5) is 0 Å². The van der Waals surface area contributed by atoms with Crippen molar-refractivity contribution < 1.29 is 13.2 Å². The van der Waals surface area contributed by atoms with Crippen LogP contribution in [-0.4, -0.2) is 46.2 Å². The van der Waals surface area contributed by atoms with Gasteiger partial charge < -0.3 is 16.0 Å². The van der Waals surface area contributed by atoms with E-state index in [-0.39, 0.29) is 29.9 Å². The molecule has 0 aliphatic carbocycles. The molecule has 0 aliphatic heterocycles. The molecular weight excluding hydrogens is 491 g/mol. The number of rotatable bonds is 8. The Morgan fingerprint density at radius 2 is 1.71 bits per heavy atom. The molecule has 1 aromatic rings. The highest BCUT2D eigenvalue weighted by Crippen LogP contribution is 2.17. The molecule has 0 bridgehead atoms. The van der Waals surface area contributed by atoms with Crippen molar-refractivity contribution in [1.29, 1.82) is 0 Å². The number of nitrogens with one attached hydrogen (secondary N) is 3. The van der Waals surface area contributed by atoms with Crippen molar-refractivity contribution in [1.82, 2.24) is 16.0 Å². The van der Waals surface area contributed by atoms with E-state index in [1.54, 1.807) is 19.1 Å². The second-order valence-corrected chi connectivity index (χ2v) is 9.15. The minimum absolute atomic E-state index is 0. The smallest absolute Gasteiger partial charge is 0.227 e. The molecule has 0 fully saturated rings. The lowest BCUT2D eigenvalue weighted by atomic mass is 9.92. The van der Waals surface area contributed by atoms with E-state index < -0.39 is 15.3 Å². The number of benzene rings is 1. The van der Waals surface area contributed by atoms with Crippen molar-refractivity contribution in [2.24, 2.45) is 10.4 Å². The zero-order chi connectivity index (χ0) is 20.7. The minimum atomic E-state index is -3.23. The van der Waals surface area contributed by atoms with E-state index in [2.05, 4.69) is 20.9 Å². The average molecular weight is 524 g/mol. The van der Waals surface area contributed by atoms with Crippen LogP contribution >= 0.6 is 24.0 Å². The number of carbonyl (C=O) groups excluding carboxylic acids is 1. The maximum absolute atomic E-state index is 12.1. The van der Waals surface area contributed by atoms with Gasteiger partial charge in [0.25, 0.3) is 0 Å². The normalized spacial score (nSPS) is 12.1. The third-order valence-electron chi connectivity index (χ3n) is 4.05. The Morgan fingerprint density at radius 3 is 2.21 bits per heavy atom. The number of sulfone groups is 1. The molecule has 0 heterocycles. The second-order valence-electron chi connectivity index (χ2n) is 7.16. The van der Waals surface area contributed by atoms with E-state index in [0.717, 1.165) is 5.56 Å². The summed E-state index contributed by atoms with van der Waals surface area (Å²) < 4.78 is 23.4. The number of carbonyl (C=O) groups is 1. The Bertz CT molecular complexity index is 792. The highest BCUT2D eigenvalue weighted by molar-refractivity contribution is 14.0. The van der Waals surface area contributed by atoms with Crippen LogP contribution in [0.1, 0.15) is 38.8 Å². The maximum Gasteiger partial charge on any atom is 0.227 e. The lowest BCUT2D eigenvalue weighted by molar-refractivity contribution is -0.128. The Balaban J connectivity index is 0.00000729. The summed E-state index contributed by atoms with van der Waals surface area (Å²) in [5.74, 6) is 0.597. The topological polar surface area (TPSA) is 99.7 Å². The van der Waals surface area contributed by atoms with Gasteiger partial charge in [0.15, 0.2) is 15.8 Å². The molecule has 3 N–H and O–H groups in total. The molecule has 0 unspecified atom stereocenters. The van der Waals surface area contributed by atoms with Gasteiger partial charge in [0.1, 0.15) is 0 Å². The summed E-state index contributed by atoms with van der Waals surface area (Å²) >= 11 is 0. The summed E-state index contributed by atoms with van der Waals surface area (Å²) in [6.45, 7) is 11.5. The highest BCUT2D eigenvalue weighted by atomic mass is 127. The molecule has 28 heavy (non-hydrogen) atoms. The number of hydrogen-bond acceptors (Lipinski definition) is 4. The molecule has 0 aromatic heterocycles. The summed E-state index contributed by atoms with van der Waals surface area (Å²) in [6, 6.07) is 5.23. The van der Waals surface area contributed by atoms with Crippen molar-refractivity contribution in [3.8, 4) is 0 Å². The van der Waals surface area contributed by atoms with Gasteiger partial charge in [-0.05, 0) is 51.8 Å². The fourth-order valence-corrected chi connectivity index (χ4v) is 3.48. The van der Waals surface area contributed by atoms with Crippen molar-refractivity contribution in [3.63, 3.8) is 0 Å². The molecule has 1 rings (SSSR count). The summed E-state index contributed by atoms with van der Waals surface area (Å²) in [5.41, 5.74) is 1.06. The van der Waals surface area contributed by atoms with Gasteiger partial charge >= 0.3 is 0 Å². The average Bonchev–Trinajstić information content (AvgIpc) is 2.56. The quantitative estimate of drug-likeness (QED) is 0.275. The van der Waals surface area contributed by atoms with Gasteiger partial charge in [0, 0.05) is 25.9 Å². The first-order valence-corrected chi connectivity index (χ1v) is 11.0. The van der Waals surface area contributed by atoms with Crippen LogP contribution in [0.5, 0.6) is 0 Å². The van der Waals surface area contributed by atoms with Gasteiger partial charge in [0.2, 0.25) is 5.91 Å². The second kappa shape index (κ2) is 11.6. The van der Waals surface area contributed by atoms with E-state index >= 15 is 0 Å². The first-order valence-electron chi connectivity index (χ1n) is 9.11. The lowest BCUT2D eigenvalue weighted by Crippen LogP contribution is -2.47. The third kappa shape index (κ3) is 8.34. The van der Waals surface area contributed by atoms with E-state index in [4.69, 9.17) is 0 Å². The first kappa shape index (κ1) is 26.6. The molecule has 1 amide bonds. The number of halogens is 1. The zero-order valence-corrected chi connectivity index (χ0v) is 20.7. The van der Waals surface area contributed by atoms with Gasteiger partial charge in [0.05, 0.1) is 16.9 Å². The van der Waals surface area contributed by atoms with Crippen molar-refractivity contribution in [3.05, 3.63) is 29.3 Å². The fourth-order valence-electron chi connectivity index (χ4n) is 2.52. The molecule has 160 valence electrons. The number of aryl methyl sites for hydroxylation is 1. The molecule has 9 heteroatoms. The molecule has 0 spiro atoms. The number of guanidine groups is 1. The SMILES string of the molecule is CCNC(=O)C(C)(C)CNC(=NCc1ccc(S(C)(=O)=O)c(C)c1)NCC.I. The van der Waals surface area contributed by atoms with Gasteiger partial charge in [-0.25, -0.2) is 13.4 Å². The van der Waals surface area contributed by atoms with Crippen LogP contribution in [0, 0.1) is 12.3 Å². The number of hydrogen-bond donors (Lipinski definition) is 3. The van der Waals surface area contributed by atoms with Gasteiger partial charge in [-0.1, -0.05) is 12.1 Å². The number of nitrogens with zero attached hydrogens (tertiary/aromatic N) is 1. The molecule has 0 radical (unpaired) electrons. The van der Waals surface area contributed by atoms with Crippen LogP contribution < -0.4 is 16.0 Å². The maximum atomic E-state index is 12.1. The molecule has 0 aliphatic rings. The zero-order valence-electron chi connectivity index (χ0n) is 17.5. The Morgan fingerprint density at radius 1 is 1.11 bits per heavy atom. The van der Waals surface area contributed by atoms with Crippen LogP contribution in [0.25, 0.3) is 0 Å². The van der Waals surface area contributed by atoms with E-state index in [1.165, 1.54) is 6.26 Å². The number of aliphatic imine (C=N–C) groups is 1. The molecular formula is C19H33IN4O3S. The van der Waals surface area contributed by atoms with E-state index in [9.17, 15) is 13.2 Å².